The highest BCUT2D eigenvalue weighted by Crippen LogP contribution is 2.49. The van der Waals surface area contributed by atoms with Gasteiger partial charge >= 0.3 is 0 Å². The summed E-state index contributed by atoms with van der Waals surface area (Å²) in [5, 5.41) is 0.972. The van der Waals surface area contributed by atoms with Gasteiger partial charge in [-0.1, -0.05) is 6.07 Å². The molecule has 0 N–H and O–H groups in total. The third kappa shape index (κ3) is 2.20. The summed E-state index contributed by atoms with van der Waals surface area (Å²) in [5.74, 6) is 1.91. The van der Waals surface area contributed by atoms with E-state index in [2.05, 4.69) is 0 Å². The zero-order valence-electron chi connectivity index (χ0n) is 15.4. The highest BCUT2D eigenvalue weighted by atomic mass is 16.5. The molecule has 0 spiro atoms. The van der Waals surface area contributed by atoms with Crippen LogP contribution in [0.3, 0.4) is 0 Å². The normalized spacial score (nSPS) is 13.2. The van der Waals surface area contributed by atoms with Gasteiger partial charge in [0.2, 0.25) is 5.75 Å². The molecule has 2 aromatic carbocycles. The Morgan fingerprint density at radius 3 is 2.38 bits per heavy atom. The predicted octanol–water partition coefficient (Wildman–Crippen LogP) is 4.00. The zero-order chi connectivity index (χ0) is 18.4. The lowest BCUT2D eigenvalue weighted by molar-refractivity contribution is 0.0986. The fourth-order valence-corrected chi connectivity index (χ4v) is 3.93. The molecule has 3 aromatic rings. The summed E-state index contributed by atoms with van der Waals surface area (Å²) in [6, 6.07) is 8.01. The van der Waals surface area contributed by atoms with Crippen molar-refractivity contribution in [3.05, 3.63) is 41.6 Å². The number of ketones is 1. The number of nitrogens with zero attached hydrogens (tertiary/aromatic N) is 1. The maximum Gasteiger partial charge on any atom is 0.203 e. The van der Waals surface area contributed by atoms with Gasteiger partial charge in [0.05, 0.1) is 21.3 Å². The van der Waals surface area contributed by atoms with E-state index < -0.39 is 0 Å². The average molecular weight is 351 g/mol. The van der Waals surface area contributed by atoms with E-state index in [0.717, 1.165) is 33.2 Å². The van der Waals surface area contributed by atoms with Gasteiger partial charge in [0.1, 0.15) is 0 Å². The van der Waals surface area contributed by atoms with E-state index in [4.69, 9.17) is 14.2 Å². The van der Waals surface area contributed by atoms with Crippen molar-refractivity contribution in [1.29, 1.82) is 0 Å². The molecule has 0 atom stereocenters. The molecule has 5 heteroatoms. The Morgan fingerprint density at radius 2 is 1.69 bits per heavy atom. The summed E-state index contributed by atoms with van der Waals surface area (Å²) in [7, 11) is 6.80. The molecule has 26 heavy (non-hydrogen) atoms. The molecular formula is C21H21NO4. The highest BCUT2D eigenvalue weighted by molar-refractivity contribution is 6.14. The van der Waals surface area contributed by atoms with E-state index in [9.17, 15) is 4.79 Å². The van der Waals surface area contributed by atoms with Crippen molar-refractivity contribution in [3.63, 3.8) is 0 Å². The zero-order valence-corrected chi connectivity index (χ0v) is 15.4. The number of aromatic nitrogens is 1. The first-order chi connectivity index (χ1) is 12.6. The van der Waals surface area contributed by atoms with Gasteiger partial charge in [0.25, 0.3) is 0 Å². The van der Waals surface area contributed by atoms with Crippen molar-refractivity contribution in [3.8, 4) is 28.4 Å². The first-order valence-electron chi connectivity index (χ1n) is 8.54. The van der Waals surface area contributed by atoms with Gasteiger partial charge in [0.15, 0.2) is 17.3 Å². The molecule has 1 heterocycles. The number of hydrogen-bond acceptors (Lipinski definition) is 4. The molecule has 1 aromatic heterocycles. The minimum Gasteiger partial charge on any atom is -0.493 e. The van der Waals surface area contributed by atoms with E-state index >= 15 is 0 Å². The van der Waals surface area contributed by atoms with Crippen molar-refractivity contribution >= 4 is 16.7 Å². The van der Waals surface area contributed by atoms with Crippen LogP contribution in [0.2, 0.25) is 0 Å². The van der Waals surface area contributed by atoms with Crippen LogP contribution in [-0.4, -0.2) is 31.7 Å². The average Bonchev–Trinajstić information content (AvgIpc) is 2.97. The van der Waals surface area contributed by atoms with Crippen molar-refractivity contribution in [1.82, 2.24) is 4.57 Å². The van der Waals surface area contributed by atoms with Crippen LogP contribution in [0, 0.1) is 0 Å². The summed E-state index contributed by atoms with van der Waals surface area (Å²) >= 11 is 0. The number of methoxy groups -OCH3 is 3. The van der Waals surface area contributed by atoms with Crippen molar-refractivity contribution < 1.29 is 19.0 Å². The molecule has 4 rings (SSSR count). The quantitative estimate of drug-likeness (QED) is 0.716. The van der Waals surface area contributed by atoms with E-state index in [-0.39, 0.29) is 5.78 Å². The lowest BCUT2D eigenvalue weighted by Gasteiger charge is -2.19. The molecule has 5 nitrogen and oxygen atoms in total. The number of carbonyl (C=O) groups is 1. The standard InChI is InChI=1S/C21H21NO4/c1-22-10-9-13-15(22)7-6-14-18-12(5-8-16(23)19(13)14)11-17(24-2)20(25-3)21(18)26-4/h6-7,9-11H,5,8H2,1-4H3. The molecule has 0 saturated heterocycles. The van der Waals surface area contributed by atoms with Gasteiger partial charge < -0.3 is 18.8 Å². The van der Waals surface area contributed by atoms with Crippen LogP contribution in [0.5, 0.6) is 17.2 Å². The van der Waals surface area contributed by atoms with Crippen LogP contribution in [0.1, 0.15) is 22.3 Å². The first-order valence-corrected chi connectivity index (χ1v) is 8.54. The Kier molecular flexibility index (Phi) is 3.87. The molecule has 134 valence electrons. The fraction of sp³-hybridized carbons (Fsp3) is 0.286. The number of ether oxygens (including phenoxy) is 3. The second-order valence-electron chi connectivity index (χ2n) is 6.45. The Labute approximate surface area is 152 Å². The maximum absolute atomic E-state index is 13.0. The number of carbonyl (C=O) groups excluding carboxylic acids is 1. The van der Waals surface area contributed by atoms with E-state index in [1.807, 2.05) is 42.1 Å². The summed E-state index contributed by atoms with van der Waals surface area (Å²) < 4.78 is 18.8. The van der Waals surface area contributed by atoms with Gasteiger partial charge in [-0.2, -0.15) is 0 Å². The number of fused-ring (bicyclic) bond motifs is 5. The van der Waals surface area contributed by atoms with Crippen LogP contribution in [0.4, 0.5) is 0 Å². The molecule has 0 unspecified atom stereocenters. The lowest BCUT2D eigenvalue weighted by atomic mass is 9.92. The molecule has 0 fully saturated rings. The smallest absolute Gasteiger partial charge is 0.203 e. The summed E-state index contributed by atoms with van der Waals surface area (Å²) in [6.45, 7) is 0. The first kappa shape index (κ1) is 16.5. The third-order valence-corrected chi connectivity index (χ3v) is 5.15. The molecule has 0 amide bonds. The minimum absolute atomic E-state index is 0.146. The van der Waals surface area contributed by atoms with Crippen LogP contribution in [0.25, 0.3) is 22.0 Å². The molecule has 1 aliphatic carbocycles. The molecule has 0 aliphatic heterocycles. The van der Waals surface area contributed by atoms with Crippen molar-refractivity contribution in [2.45, 2.75) is 12.8 Å². The van der Waals surface area contributed by atoms with Crippen molar-refractivity contribution in [2.24, 2.45) is 7.05 Å². The van der Waals surface area contributed by atoms with Crippen LogP contribution in [0.15, 0.2) is 30.5 Å². The second-order valence-corrected chi connectivity index (χ2v) is 6.45. The number of hydrogen-bond donors (Lipinski definition) is 0. The Morgan fingerprint density at radius 1 is 0.923 bits per heavy atom. The predicted molar refractivity (Wildman–Crippen MR) is 101 cm³/mol. The number of benzene rings is 2. The summed E-state index contributed by atoms with van der Waals surface area (Å²) in [6.07, 6.45) is 3.07. The monoisotopic (exact) mass is 351 g/mol. The minimum atomic E-state index is 0.146. The van der Waals surface area contributed by atoms with Crippen LogP contribution < -0.4 is 14.2 Å². The molecular weight excluding hydrogens is 330 g/mol. The summed E-state index contributed by atoms with van der Waals surface area (Å²) in [5.41, 5.74) is 4.63. The number of aryl methyl sites for hydroxylation is 2. The SMILES string of the molecule is COc1cc2c(c(OC)c1OC)-c1ccc3c(ccn3C)c1C(=O)CC2. The summed E-state index contributed by atoms with van der Waals surface area (Å²) in [4.78, 5) is 13.0. The topological polar surface area (TPSA) is 49.7 Å². The van der Waals surface area contributed by atoms with E-state index in [1.165, 1.54) is 0 Å². The third-order valence-electron chi connectivity index (χ3n) is 5.15. The van der Waals surface area contributed by atoms with Gasteiger partial charge in [-0.25, -0.2) is 0 Å². The molecule has 0 radical (unpaired) electrons. The number of rotatable bonds is 3. The Balaban J connectivity index is 2.13. The van der Waals surface area contributed by atoms with E-state index in [0.29, 0.717) is 30.1 Å². The molecule has 1 aliphatic rings. The molecule has 0 bridgehead atoms. The fourth-order valence-electron chi connectivity index (χ4n) is 3.93. The van der Waals surface area contributed by atoms with Gasteiger partial charge in [0, 0.05) is 41.7 Å². The van der Waals surface area contributed by atoms with Gasteiger partial charge in [-0.05, 0) is 35.7 Å². The second kappa shape index (κ2) is 6.09. The van der Waals surface area contributed by atoms with Gasteiger partial charge in [-0.15, -0.1) is 0 Å². The highest BCUT2D eigenvalue weighted by Gasteiger charge is 2.29. The van der Waals surface area contributed by atoms with Crippen LogP contribution >= 0.6 is 0 Å². The largest absolute Gasteiger partial charge is 0.493 e. The maximum atomic E-state index is 13.0. The van der Waals surface area contributed by atoms with E-state index in [1.54, 1.807) is 21.3 Å². The number of Topliss-reactive ketones (excluding diaryl/α,β-unsaturated/α-hetero) is 1. The Hall–Kier alpha value is -2.95. The Bertz CT molecular complexity index is 1030. The van der Waals surface area contributed by atoms with Gasteiger partial charge in [-0.3, -0.25) is 4.79 Å². The lowest BCUT2D eigenvalue weighted by Crippen LogP contribution is -2.01. The van der Waals surface area contributed by atoms with Crippen LogP contribution in [-0.2, 0) is 13.5 Å². The molecule has 0 saturated carbocycles. The van der Waals surface area contributed by atoms with Crippen molar-refractivity contribution in [2.75, 3.05) is 21.3 Å².